The van der Waals surface area contributed by atoms with Gasteiger partial charge in [0.2, 0.25) is 0 Å². The van der Waals surface area contributed by atoms with E-state index in [1.54, 1.807) is 12.1 Å². The van der Waals surface area contributed by atoms with E-state index in [9.17, 15) is 14.9 Å². The summed E-state index contributed by atoms with van der Waals surface area (Å²) in [6.45, 7) is 3.72. The number of nitrogens with zero attached hydrogens (tertiary/aromatic N) is 2. The Hall–Kier alpha value is -3.47. The molecule has 0 aliphatic rings. The molecule has 0 saturated heterocycles. The van der Waals surface area contributed by atoms with Gasteiger partial charge < -0.3 is 28.8 Å². The molecule has 0 fully saturated rings. The lowest BCUT2D eigenvalue weighted by molar-refractivity contribution is -0.383. The molecule has 0 atom stereocenters. The van der Waals surface area contributed by atoms with Crippen molar-refractivity contribution in [1.82, 2.24) is 9.88 Å². The Morgan fingerprint density at radius 1 is 0.882 bits per heavy atom. The van der Waals surface area contributed by atoms with Crippen molar-refractivity contribution in [3.05, 3.63) is 76.5 Å². The van der Waals surface area contributed by atoms with Crippen LogP contribution in [0.2, 0.25) is 0 Å². The van der Waals surface area contributed by atoms with Crippen LogP contribution in [0.5, 0.6) is 0 Å². The minimum Gasteiger partial charge on any atom is -0.445 e. The summed E-state index contributed by atoms with van der Waals surface area (Å²) < 4.78 is 23.5. The van der Waals surface area contributed by atoms with Crippen molar-refractivity contribution in [1.29, 1.82) is 0 Å². The molecule has 2 aromatic carbocycles. The standard InChI is InChI=1S/C24H29N3O7/c28-24(34-19-20-5-2-1-3-6-20)25-10-13-31-15-17-33-18-16-32-14-12-26-11-9-21-22(26)7-4-8-23(21)27(29)30/h1-9,11H,10,12-19H2,(H,25,28). The quantitative estimate of drug-likeness (QED) is 0.205. The van der Waals surface area contributed by atoms with Crippen LogP contribution >= 0.6 is 0 Å². The molecule has 0 aliphatic carbocycles. The molecule has 0 unspecified atom stereocenters. The Bertz CT molecular complexity index is 1040. The topological polar surface area (TPSA) is 114 Å². The number of ether oxygens (including phenoxy) is 4. The highest BCUT2D eigenvalue weighted by molar-refractivity contribution is 5.89. The van der Waals surface area contributed by atoms with Crippen LogP contribution in [0.1, 0.15) is 5.56 Å². The third-order valence-electron chi connectivity index (χ3n) is 4.94. The number of nitro groups is 1. The first kappa shape index (κ1) is 25.2. The van der Waals surface area contributed by atoms with Crippen molar-refractivity contribution in [2.75, 3.05) is 46.2 Å². The Morgan fingerprint density at radius 3 is 2.32 bits per heavy atom. The smallest absolute Gasteiger partial charge is 0.407 e. The Morgan fingerprint density at radius 2 is 1.59 bits per heavy atom. The molecule has 0 radical (unpaired) electrons. The van der Waals surface area contributed by atoms with Crippen LogP contribution in [0.3, 0.4) is 0 Å². The number of aromatic nitrogens is 1. The van der Waals surface area contributed by atoms with Gasteiger partial charge in [0.1, 0.15) is 6.61 Å². The average Bonchev–Trinajstić information content (AvgIpc) is 3.27. The fraction of sp³-hybridized carbons (Fsp3) is 0.375. The number of rotatable bonds is 15. The molecule has 182 valence electrons. The average molecular weight is 472 g/mol. The Kier molecular flexibility index (Phi) is 10.3. The number of hydrogen-bond acceptors (Lipinski definition) is 7. The van der Waals surface area contributed by atoms with Crippen LogP contribution < -0.4 is 5.32 Å². The highest BCUT2D eigenvalue weighted by atomic mass is 16.6. The number of carbonyl (C=O) groups is 1. The van der Waals surface area contributed by atoms with E-state index in [-0.39, 0.29) is 17.2 Å². The van der Waals surface area contributed by atoms with Crippen LogP contribution in [0.15, 0.2) is 60.8 Å². The summed E-state index contributed by atoms with van der Waals surface area (Å²) in [4.78, 5) is 22.3. The second-order valence-corrected chi connectivity index (χ2v) is 7.30. The number of non-ortho nitro benzene ring substituents is 1. The summed E-state index contributed by atoms with van der Waals surface area (Å²) in [6, 6.07) is 16.3. The van der Waals surface area contributed by atoms with Gasteiger partial charge in [0.15, 0.2) is 0 Å². The molecule has 0 spiro atoms. The first-order valence-corrected chi connectivity index (χ1v) is 11.0. The highest BCUT2D eigenvalue weighted by Gasteiger charge is 2.13. The minimum absolute atomic E-state index is 0.103. The van der Waals surface area contributed by atoms with Gasteiger partial charge in [-0.3, -0.25) is 10.1 Å². The van der Waals surface area contributed by atoms with E-state index in [1.807, 2.05) is 47.2 Å². The number of nitro benzene ring substituents is 1. The summed E-state index contributed by atoms with van der Waals surface area (Å²) in [5.41, 5.74) is 1.84. The van der Waals surface area contributed by atoms with E-state index in [4.69, 9.17) is 18.9 Å². The zero-order valence-electron chi connectivity index (χ0n) is 18.9. The predicted octanol–water partition coefficient (Wildman–Crippen LogP) is 3.53. The van der Waals surface area contributed by atoms with Crippen molar-refractivity contribution >= 4 is 22.7 Å². The lowest BCUT2D eigenvalue weighted by Gasteiger charge is -2.09. The van der Waals surface area contributed by atoms with Crippen molar-refractivity contribution in [3.63, 3.8) is 0 Å². The van der Waals surface area contributed by atoms with Crippen LogP contribution in [-0.4, -0.2) is 61.8 Å². The molecular weight excluding hydrogens is 442 g/mol. The zero-order valence-corrected chi connectivity index (χ0v) is 18.9. The van der Waals surface area contributed by atoms with Crippen LogP contribution in [-0.2, 0) is 32.1 Å². The molecule has 1 heterocycles. The number of benzene rings is 2. The van der Waals surface area contributed by atoms with Gasteiger partial charge in [-0.25, -0.2) is 4.79 Å². The van der Waals surface area contributed by atoms with E-state index in [1.165, 1.54) is 6.07 Å². The molecule has 10 nitrogen and oxygen atoms in total. The molecule has 3 aromatic rings. The maximum Gasteiger partial charge on any atom is 0.407 e. The molecule has 0 aliphatic heterocycles. The lowest BCUT2D eigenvalue weighted by atomic mass is 10.2. The highest BCUT2D eigenvalue weighted by Crippen LogP contribution is 2.26. The lowest BCUT2D eigenvalue weighted by Crippen LogP contribution is -2.28. The van der Waals surface area contributed by atoms with E-state index < -0.39 is 6.09 Å². The van der Waals surface area contributed by atoms with Crippen molar-refractivity contribution < 1.29 is 28.7 Å². The summed E-state index contributed by atoms with van der Waals surface area (Å²) in [5.74, 6) is 0. The number of carbonyl (C=O) groups excluding carboxylic acids is 1. The Labute approximate surface area is 197 Å². The van der Waals surface area contributed by atoms with E-state index in [2.05, 4.69) is 5.32 Å². The van der Waals surface area contributed by atoms with Gasteiger partial charge in [0.25, 0.3) is 5.69 Å². The fourth-order valence-corrected chi connectivity index (χ4v) is 3.27. The molecule has 3 rings (SSSR count). The molecule has 0 bridgehead atoms. The molecule has 1 amide bonds. The maximum absolute atomic E-state index is 11.6. The second kappa shape index (κ2) is 13.9. The van der Waals surface area contributed by atoms with Gasteiger partial charge in [-0.2, -0.15) is 0 Å². The maximum atomic E-state index is 11.6. The Balaban J connectivity index is 1.15. The predicted molar refractivity (Wildman–Crippen MR) is 126 cm³/mol. The van der Waals surface area contributed by atoms with Crippen molar-refractivity contribution in [2.24, 2.45) is 0 Å². The van der Waals surface area contributed by atoms with Gasteiger partial charge in [0, 0.05) is 25.4 Å². The molecule has 1 N–H and O–H groups in total. The van der Waals surface area contributed by atoms with Crippen molar-refractivity contribution in [2.45, 2.75) is 13.2 Å². The van der Waals surface area contributed by atoms with Crippen LogP contribution in [0, 0.1) is 10.1 Å². The first-order valence-electron chi connectivity index (χ1n) is 11.0. The zero-order chi connectivity index (χ0) is 24.0. The summed E-state index contributed by atoms with van der Waals surface area (Å²) in [7, 11) is 0. The van der Waals surface area contributed by atoms with Gasteiger partial charge in [-0.1, -0.05) is 36.4 Å². The van der Waals surface area contributed by atoms with E-state index >= 15 is 0 Å². The molecule has 10 heteroatoms. The third kappa shape index (κ3) is 8.14. The van der Waals surface area contributed by atoms with Crippen LogP contribution in [0.25, 0.3) is 10.9 Å². The van der Waals surface area contributed by atoms with Gasteiger partial charge in [0.05, 0.1) is 55.5 Å². The second-order valence-electron chi connectivity index (χ2n) is 7.30. The molecule has 34 heavy (non-hydrogen) atoms. The summed E-state index contributed by atoms with van der Waals surface area (Å²) in [5, 5.41) is 14.4. The summed E-state index contributed by atoms with van der Waals surface area (Å²) in [6.07, 6.45) is 1.35. The number of fused-ring (bicyclic) bond motifs is 1. The number of nitrogens with one attached hydrogen (secondary N) is 1. The van der Waals surface area contributed by atoms with Gasteiger partial charge >= 0.3 is 6.09 Å². The fourth-order valence-electron chi connectivity index (χ4n) is 3.27. The number of amides is 1. The number of alkyl carbamates (subject to hydrolysis) is 1. The largest absolute Gasteiger partial charge is 0.445 e. The first-order chi connectivity index (χ1) is 16.6. The third-order valence-corrected chi connectivity index (χ3v) is 4.94. The monoisotopic (exact) mass is 471 g/mol. The molecule has 0 saturated carbocycles. The van der Waals surface area contributed by atoms with E-state index in [0.717, 1.165) is 11.1 Å². The van der Waals surface area contributed by atoms with Gasteiger partial charge in [-0.05, 0) is 17.7 Å². The normalized spacial score (nSPS) is 10.9. The van der Waals surface area contributed by atoms with E-state index in [0.29, 0.717) is 58.1 Å². The molecular formula is C24H29N3O7. The number of hydrogen-bond donors (Lipinski definition) is 1. The minimum atomic E-state index is -0.480. The summed E-state index contributed by atoms with van der Waals surface area (Å²) >= 11 is 0. The van der Waals surface area contributed by atoms with Crippen LogP contribution in [0.4, 0.5) is 10.5 Å². The van der Waals surface area contributed by atoms with Crippen molar-refractivity contribution in [3.8, 4) is 0 Å². The SMILES string of the molecule is O=C(NCCOCCOCCOCCn1ccc2c([N+](=O)[O-])cccc21)OCc1ccccc1. The molecule has 1 aromatic heterocycles. The van der Waals surface area contributed by atoms with Gasteiger partial charge in [-0.15, -0.1) is 0 Å².